The van der Waals surface area contributed by atoms with Gasteiger partial charge in [0.1, 0.15) is 0 Å². The van der Waals surface area contributed by atoms with Crippen LogP contribution in [0.2, 0.25) is 0 Å². The van der Waals surface area contributed by atoms with E-state index in [-0.39, 0.29) is 5.91 Å². The molecule has 1 saturated heterocycles. The van der Waals surface area contributed by atoms with Crippen molar-refractivity contribution in [1.82, 2.24) is 15.1 Å². The van der Waals surface area contributed by atoms with Crippen molar-refractivity contribution in [2.24, 2.45) is 5.92 Å². The van der Waals surface area contributed by atoms with Gasteiger partial charge in [0, 0.05) is 44.0 Å². The molecule has 1 N–H and O–H groups in total. The number of carbonyl (C=O) groups is 1. The van der Waals surface area contributed by atoms with Gasteiger partial charge in [-0.15, -0.1) is 11.3 Å². The third-order valence-electron chi connectivity index (χ3n) is 5.54. The van der Waals surface area contributed by atoms with E-state index in [0.29, 0.717) is 12.0 Å². The second-order valence-electron chi connectivity index (χ2n) is 7.38. The number of nitrogens with zero attached hydrogens (tertiary/aromatic N) is 2. The Morgan fingerprint density at radius 1 is 1.25 bits per heavy atom. The van der Waals surface area contributed by atoms with Crippen LogP contribution in [0.25, 0.3) is 0 Å². The summed E-state index contributed by atoms with van der Waals surface area (Å²) in [5, 5.41) is 5.38. The molecule has 1 aromatic rings. The summed E-state index contributed by atoms with van der Waals surface area (Å²) in [7, 11) is 2.18. The molecule has 0 unspecified atom stereocenters. The summed E-state index contributed by atoms with van der Waals surface area (Å²) in [6.45, 7) is 5.13. The van der Waals surface area contributed by atoms with Crippen LogP contribution in [0.1, 0.15) is 49.4 Å². The maximum Gasteiger partial charge on any atom is 0.220 e. The van der Waals surface area contributed by atoms with Gasteiger partial charge in [0.25, 0.3) is 0 Å². The molecule has 2 fully saturated rings. The Morgan fingerprint density at radius 3 is 2.67 bits per heavy atom. The highest BCUT2D eigenvalue weighted by Gasteiger charge is 2.25. The van der Waals surface area contributed by atoms with Crippen LogP contribution in [0.4, 0.5) is 0 Å². The third-order valence-corrected chi connectivity index (χ3v) is 6.52. The lowest BCUT2D eigenvalue weighted by molar-refractivity contribution is -0.122. The van der Waals surface area contributed by atoms with E-state index >= 15 is 0 Å². The summed E-state index contributed by atoms with van der Waals surface area (Å²) in [5.74, 6) is 0.861. The maximum atomic E-state index is 12.4. The zero-order valence-corrected chi connectivity index (χ0v) is 15.7. The molecular formula is C19H31N3OS. The zero-order chi connectivity index (χ0) is 16.8. The third kappa shape index (κ3) is 5.04. The molecule has 24 heavy (non-hydrogen) atoms. The largest absolute Gasteiger partial charge is 0.354 e. The minimum Gasteiger partial charge on any atom is -0.354 e. The van der Waals surface area contributed by atoms with Gasteiger partial charge in [-0.1, -0.05) is 25.3 Å². The number of carbonyl (C=O) groups excluding carboxylic acids is 1. The smallest absolute Gasteiger partial charge is 0.220 e. The van der Waals surface area contributed by atoms with Crippen LogP contribution < -0.4 is 5.32 Å². The maximum absolute atomic E-state index is 12.4. The van der Waals surface area contributed by atoms with Gasteiger partial charge in [0.15, 0.2) is 0 Å². The van der Waals surface area contributed by atoms with Gasteiger partial charge in [-0.3, -0.25) is 9.69 Å². The normalized spacial score (nSPS) is 22.4. The van der Waals surface area contributed by atoms with E-state index in [1.54, 1.807) is 11.3 Å². The number of likely N-dealkylation sites (N-methyl/N-ethyl adjacent to an activating group) is 1. The first kappa shape index (κ1) is 17.9. The molecule has 1 saturated carbocycles. The fraction of sp³-hybridized carbons (Fsp3) is 0.737. The SMILES string of the molecule is CN1CCN([C@H](CNC(=O)CC2CCCCC2)c2cccs2)CC1. The lowest BCUT2D eigenvalue weighted by Crippen LogP contribution is -2.48. The highest BCUT2D eigenvalue weighted by atomic mass is 32.1. The molecule has 2 aliphatic rings. The van der Waals surface area contributed by atoms with E-state index in [1.165, 1.54) is 37.0 Å². The topological polar surface area (TPSA) is 35.6 Å². The Labute approximate surface area is 150 Å². The van der Waals surface area contributed by atoms with Crippen molar-refractivity contribution in [3.63, 3.8) is 0 Å². The van der Waals surface area contributed by atoms with Crippen molar-refractivity contribution in [3.05, 3.63) is 22.4 Å². The molecule has 5 heteroatoms. The first-order valence-corrected chi connectivity index (χ1v) is 10.3. The Morgan fingerprint density at radius 2 is 2.00 bits per heavy atom. The summed E-state index contributed by atoms with van der Waals surface area (Å²) in [6.07, 6.45) is 7.15. The Kier molecular flexibility index (Phi) is 6.69. The van der Waals surface area contributed by atoms with Crippen molar-refractivity contribution in [3.8, 4) is 0 Å². The van der Waals surface area contributed by atoms with Crippen LogP contribution in [0.5, 0.6) is 0 Å². The molecule has 4 nitrogen and oxygen atoms in total. The molecule has 1 aliphatic carbocycles. The molecule has 1 amide bonds. The highest BCUT2D eigenvalue weighted by Crippen LogP contribution is 2.27. The van der Waals surface area contributed by atoms with Crippen molar-refractivity contribution in [1.29, 1.82) is 0 Å². The molecule has 1 aliphatic heterocycles. The van der Waals surface area contributed by atoms with Crippen LogP contribution in [0.15, 0.2) is 17.5 Å². The van der Waals surface area contributed by atoms with Crippen LogP contribution in [0.3, 0.4) is 0 Å². The molecule has 1 atom stereocenters. The second kappa shape index (κ2) is 8.97. The number of nitrogens with one attached hydrogen (secondary N) is 1. The Bertz CT molecular complexity index is 491. The summed E-state index contributed by atoms with van der Waals surface area (Å²) in [5.41, 5.74) is 0. The predicted molar refractivity (Wildman–Crippen MR) is 100 cm³/mol. The van der Waals surface area contributed by atoms with Gasteiger partial charge in [-0.2, -0.15) is 0 Å². The molecule has 3 rings (SSSR count). The molecule has 0 bridgehead atoms. The Hall–Kier alpha value is -0.910. The van der Waals surface area contributed by atoms with Gasteiger partial charge in [0.2, 0.25) is 5.91 Å². The van der Waals surface area contributed by atoms with Gasteiger partial charge < -0.3 is 10.2 Å². The lowest BCUT2D eigenvalue weighted by Gasteiger charge is -2.37. The first-order valence-electron chi connectivity index (χ1n) is 9.45. The fourth-order valence-electron chi connectivity index (χ4n) is 3.96. The van der Waals surface area contributed by atoms with Crippen LogP contribution in [-0.4, -0.2) is 55.5 Å². The van der Waals surface area contributed by atoms with E-state index in [4.69, 9.17) is 0 Å². The van der Waals surface area contributed by atoms with Crippen molar-refractivity contribution in [2.75, 3.05) is 39.8 Å². The average molecular weight is 350 g/mol. The summed E-state index contributed by atoms with van der Waals surface area (Å²) < 4.78 is 0. The summed E-state index contributed by atoms with van der Waals surface area (Å²) in [6, 6.07) is 4.66. The first-order chi connectivity index (χ1) is 11.7. The predicted octanol–water partition coefficient (Wildman–Crippen LogP) is 3.12. The number of piperazine rings is 1. The molecular weight excluding hydrogens is 318 g/mol. The number of rotatable bonds is 6. The van der Waals surface area contributed by atoms with Crippen LogP contribution in [-0.2, 0) is 4.79 Å². The molecule has 2 heterocycles. The van der Waals surface area contributed by atoms with E-state index in [9.17, 15) is 4.79 Å². The summed E-state index contributed by atoms with van der Waals surface area (Å²) in [4.78, 5) is 18.7. The van der Waals surface area contributed by atoms with E-state index < -0.39 is 0 Å². The highest BCUT2D eigenvalue weighted by molar-refractivity contribution is 7.10. The average Bonchev–Trinajstić information content (AvgIpc) is 3.12. The van der Waals surface area contributed by atoms with Crippen molar-refractivity contribution in [2.45, 2.75) is 44.6 Å². The molecule has 1 aromatic heterocycles. The number of hydrogen-bond donors (Lipinski definition) is 1. The Balaban J connectivity index is 1.53. The minimum absolute atomic E-state index is 0.248. The molecule has 0 radical (unpaired) electrons. The van der Waals surface area contributed by atoms with Gasteiger partial charge in [-0.25, -0.2) is 0 Å². The molecule has 134 valence electrons. The van der Waals surface area contributed by atoms with Crippen LogP contribution in [0, 0.1) is 5.92 Å². The van der Waals surface area contributed by atoms with E-state index in [2.05, 4.69) is 39.7 Å². The molecule has 0 spiro atoms. The molecule has 0 aromatic carbocycles. The number of thiophene rings is 1. The standard InChI is InChI=1S/C19H31N3OS/c1-21-9-11-22(12-10-21)17(18-8-5-13-24-18)15-20-19(23)14-16-6-3-2-4-7-16/h5,8,13,16-17H,2-4,6-7,9-12,14-15H2,1H3,(H,20,23)/t17-/m1/s1. The summed E-state index contributed by atoms with van der Waals surface area (Å²) >= 11 is 1.81. The van der Waals surface area contributed by atoms with Gasteiger partial charge in [0.05, 0.1) is 6.04 Å². The monoisotopic (exact) mass is 349 g/mol. The minimum atomic E-state index is 0.248. The van der Waals surface area contributed by atoms with Crippen molar-refractivity contribution >= 4 is 17.2 Å². The second-order valence-corrected chi connectivity index (χ2v) is 8.36. The number of hydrogen-bond acceptors (Lipinski definition) is 4. The zero-order valence-electron chi connectivity index (χ0n) is 14.9. The number of amides is 1. The van der Waals surface area contributed by atoms with Gasteiger partial charge >= 0.3 is 0 Å². The van der Waals surface area contributed by atoms with E-state index in [1.807, 2.05) is 0 Å². The lowest BCUT2D eigenvalue weighted by atomic mass is 9.87. The van der Waals surface area contributed by atoms with E-state index in [0.717, 1.165) is 39.1 Å². The van der Waals surface area contributed by atoms with Crippen LogP contribution >= 0.6 is 11.3 Å². The fourth-order valence-corrected chi connectivity index (χ4v) is 4.82. The van der Waals surface area contributed by atoms with Gasteiger partial charge in [-0.05, 0) is 37.3 Å². The quantitative estimate of drug-likeness (QED) is 0.857. The van der Waals surface area contributed by atoms with Crippen molar-refractivity contribution < 1.29 is 4.79 Å².